The van der Waals surface area contributed by atoms with Gasteiger partial charge >= 0.3 is 0 Å². The molecule has 19 heavy (non-hydrogen) atoms. The van der Waals surface area contributed by atoms with Crippen LogP contribution in [0.5, 0.6) is 0 Å². The van der Waals surface area contributed by atoms with E-state index in [0.717, 1.165) is 37.1 Å². The monoisotopic (exact) mass is 263 g/mol. The molecule has 1 heterocycles. The lowest BCUT2D eigenvalue weighted by molar-refractivity contribution is 0.0207. The summed E-state index contributed by atoms with van der Waals surface area (Å²) in [5.74, 6) is 0.140. The summed E-state index contributed by atoms with van der Waals surface area (Å²) in [6.45, 7) is 4.45. The minimum absolute atomic E-state index is 0.0639. The van der Waals surface area contributed by atoms with Crippen LogP contribution in [0.1, 0.15) is 30.9 Å². The van der Waals surface area contributed by atoms with E-state index in [2.05, 4.69) is 17.4 Å². The predicted octanol–water partition coefficient (Wildman–Crippen LogP) is 1.44. The third-order valence-corrected chi connectivity index (χ3v) is 3.52. The van der Waals surface area contributed by atoms with Gasteiger partial charge in [-0.25, -0.2) is 0 Å². The second-order valence-electron chi connectivity index (χ2n) is 5.15. The van der Waals surface area contributed by atoms with E-state index in [9.17, 15) is 0 Å². The third-order valence-electron chi connectivity index (χ3n) is 3.52. The van der Waals surface area contributed by atoms with Gasteiger partial charge in [-0.2, -0.15) is 0 Å². The van der Waals surface area contributed by atoms with Gasteiger partial charge in [0.1, 0.15) is 0 Å². The molecule has 1 atom stereocenters. The molecule has 104 valence electrons. The molecule has 1 aliphatic rings. The Hall–Kier alpha value is -1.59. The molecule has 1 aromatic carbocycles. The zero-order chi connectivity index (χ0) is 13.7. The van der Waals surface area contributed by atoms with Gasteiger partial charge in [0.25, 0.3) is 0 Å². The summed E-state index contributed by atoms with van der Waals surface area (Å²) in [7, 11) is 0. The number of ether oxygens (including phenoxy) is 1. The number of hydrogen-bond acceptors (Lipinski definition) is 4. The van der Waals surface area contributed by atoms with Crippen LogP contribution < -0.4 is 11.1 Å². The van der Waals surface area contributed by atoms with Gasteiger partial charge in [-0.15, -0.1) is 0 Å². The number of nitrogens with one attached hydrogen (secondary N) is 1. The van der Waals surface area contributed by atoms with Crippen molar-refractivity contribution in [2.75, 3.05) is 13.2 Å². The van der Waals surface area contributed by atoms with Crippen molar-refractivity contribution in [2.24, 2.45) is 10.9 Å². The van der Waals surface area contributed by atoms with Crippen LogP contribution in [0.4, 0.5) is 0 Å². The molecule has 4 N–H and O–H groups in total. The summed E-state index contributed by atoms with van der Waals surface area (Å²) < 4.78 is 5.73. The zero-order valence-corrected chi connectivity index (χ0v) is 11.2. The second-order valence-corrected chi connectivity index (χ2v) is 5.15. The maximum atomic E-state index is 8.77. The van der Waals surface area contributed by atoms with E-state index in [1.165, 1.54) is 0 Å². The van der Waals surface area contributed by atoms with Gasteiger partial charge in [0.15, 0.2) is 5.84 Å². The van der Waals surface area contributed by atoms with Gasteiger partial charge in [-0.05, 0) is 25.3 Å². The quantitative estimate of drug-likeness (QED) is 0.325. The molecular weight excluding hydrogens is 242 g/mol. The first-order valence-corrected chi connectivity index (χ1v) is 6.55. The molecule has 1 fully saturated rings. The Morgan fingerprint density at radius 1 is 1.53 bits per heavy atom. The Morgan fingerprint density at radius 2 is 2.32 bits per heavy atom. The first-order valence-electron chi connectivity index (χ1n) is 6.55. The normalized spacial score (nSPS) is 23.7. The topological polar surface area (TPSA) is 79.9 Å². The van der Waals surface area contributed by atoms with E-state index in [1.807, 2.05) is 24.3 Å². The van der Waals surface area contributed by atoms with E-state index in [1.54, 1.807) is 0 Å². The summed E-state index contributed by atoms with van der Waals surface area (Å²) in [5.41, 5.74) is 7.37. The standard InChI is InChI=1S/C14H21N3O2/c1-14(7-4-8-19-14)10-16-9-11-5-2-3-6-12(11)13(15)17-18/h2-3,5-6,16,18H,4,7-10H2,1H3,(H2,15,17). The summed E-state index contributed by atoms with van der Waals surface area (Å²) in [6, 6.07) is 7.63. The SMILES string of the molecule is CC1(CNCc2ccccc2C(N)=NO)CCCO1. The Morgan fingerprint density at radius 3 is 3.00 bits per heavy atom. The number of rotatable bonds is 5. The predicted molar refractivity (Wildman–Crippen MR) is 74.3 cm³/mol. The highest BCUT2D eigenvalue weighted by atomic mass is 16.5. The highest BCUT2D eigenvalue weighted by Gasteiger charge is 2.29. The Bertz CT molecular complexity index is 454. The molecule has 1 saturated heterocycles. The molecule has 0 spiro atoms. The molecule has 0 radical (unpaired) electrons. The van der Waals surface area contributed by atoms with Crippen LogP contribution in [0.15, 0.2) is 29.4 Å². The molecule has 0 aromatic heterocycles. The van der Waals surface area contributed by atoms with E-state index in [0.29, 0.717) is 6.54 Å². The average Bonchev–Trinajstić information content (AvgIpc) is 2.85. The molecule has 5 nitrogen and oxygen atoms in total. The van der Waals surface area contributed by atoms with E-state index < -0.39 is 0 Å². The highest BCUT2D eigenvalue weighted by Crippen LogP contribution is 2.24. The lowest BCUT2D eigenvalue weighted by atomic mass is 10.0. The molecule has 0 saturated carbocycles. The van der Waals surface area contributed by atoms with Crippen molar-refractivity contribution >= 4 is 5.84 Å². The third kappa shape index (κ3) is 3.45. The van der Waals surface area contributed by atoms with Crippen LogP contribution in [0.25, 0.3) is 0 Å². The summed E-state index contributed by atoms with van der Waals surface area (Å²) in [6.07, 6.45) is 2.21. The fourth-order valence-electron chi connectivity index (χ4n) is 2.42. The molecule has 0 bridgehead atoms. The van der Waals surface area contributed by atoms with Crippen molar-refractivity contribution in [1.82, 2.24) is 5.32 Å². The molecule has 1 unspecified atom stereocenters. The summed E-state index contributed by atoms with van der Waals surface area (Å²) in [4.78, 5) is 0. The van der Waals surface area contributed by atoms with Crippen molar-refractivity contribution in [1.29, 1.82) is 0 Å². The summed E-state index contributed by atoms with van der Waals surface area (Å²) in [5, 5.41) is 15.2. The molecule has 0 aliphatic carbocycles. The van der Waals surface area contributed by atoms with Crippen LogP contribution in [0, 0.1) is 0 Å². The Labute approximate surface area is 113 Å². The molecule has 5 heteroatoms. The molecule has 0 amide bonds. The van der Waals surface area contributed by atoms with Crippen molar-refractivity contribution in [3.05, 3.63) is 35.4 Å². The molecular formula is C14H21N3O2. The minimum Gasteiger partial charge on any atom is -0.409 e. The number of oxime groups is 1. The Balaban J connectivity index is 1.96. The van der Waals surface area contributed by atoms with Gasteiger partial charge < -0.3 is 21.0 Å². The lowest BCUT2D eigenvalue weighted by Gasteiger charge is -2.23. The Kier molecular flexibility index (Phi) is 4.39. The first kappa shape index (κ1) is 13.8. The van der Waals surface area contributed by atoms with Crippen LogP contribution in [0.3, 0.4) is 0 Å². The van der Waals surface area contributed by atoms with Crippen molar-refractivity contribution in [3.8, 4) is 0 Å². The van der Waals surface area contributed by atoms with Gasteiger partial charge in [0, 0.05) is 25.3 Å². The van der Waals surface area contributed by atoms with Gasteiger partial charge in [-0.1, -0.05) is 29.4 Å². The van der Waals surface area contributed by atoms with E-state index >= 15 is 0 Å². The van der Waals surface area contributed by atoms with Crippen molar-refractivity contribution in [2.45, 2.75) is 31.9 Å². The van der Waals surface area contributed by atoms with Gasteiger partial charge in [0.05, 0.1) is 5.60 Å². The maximum Gasteiger partial charge on any atom is 0.170 e. The van der Waals surface area contributed by atoms with Crippen LogP contribution in [0.2, 0.25) is 0 Å². The molecule has 1 aliphatic heterocycles. The van der Waals surface area contributed by atoms with Crippen LogP contribution in [-0.4, -0.2) is 29.8 Å². The van der Waals surface area contributed by atoms with Crippen molar-refractivity contribution in [3.63, 3.8) is 0 Å². The van der Waals surface area contributed by atoms with Gasteiger partial charge in [-0.3, -0.25) is 0 Å². The van der Waals surface area contributed by atoms with E-state index in [-0.39, 0.29) is 11.4 Å². The summed E-state index contributed by atoms with van der Waals surface area (Å²) >= 11 is 0. The first-order chi connectivity index (χ1) is 9.14. The largest absolute Gasteiger partial charge is 0.409 e. The fraction of sp³-hybridized carbons (Fsp3) is 0.500. The highest BCUT2D eigenvalue weighted by molar-refractivity contribution is 5.98. The molecule has 2 rings (SSSR count). The van der Waals surface area contributed by atoms with E-state index in [4.69, 9.17) is 15.7 Å². The number of benzene rings is 1. The van der Waals surface area contributed by atoms with Crippen LogP contribution >= 0.6 is 0 Å². The zero-order valence-electron chi connectivity index (χ0n) is 11.2. The maximum absolute atomic E-state index is 8.77. The lowest BCUT2D eigenvalue weighted by Crippen LogP contribution is -2.37. The fourth-order valence-corrected chi connectivity index (χ4v) is 2.42. The number of hydrogen-bond donors (Lipinski definition) is 3. The second kappa shape index (κ2) is 6.04. The van der Waals surface area contributed by atoms with Gasteiger partial charge in [0.2, 0.25) is 0 Å². The van der Waals surface area contributed by atoms with Crippen LogP contribution in [-0.2, 0) is 11.3 Å². The minimum atomic E-state index is -0.0639. The number of nitrogens with two attached hydrogens (primary N) is 1. The average molecular weight is 263 g/mol. The number of nitrogens with zero attached hydrogens (tertiary/aromatic N) is 1. The smallest absolute Gasteiger partial charge is 0.170 e. The van der Waals surface area contributed by atoms with Crippen molar-refractivity contribution < 1.29 is 9.94 Å². The molecule has 1 aromatic rings. The number of amidine groups is 1.